The van der Waals surface area contributed by atoms with Crippen molar-refractivity contribution in [1.29, 1.82) is 0 Å². The molecule has 7 nitrogen and oxygen atoms in total. The Hall–Kier alpha value is -3.17. The number of hydrogen-bond acceptors (Lipinski definition) is 6. The van der Waals surface area contributed by atoms with Gasteiger partial charge in [0.15, 0.2) is 5.82 Å². The maximum absolute atomic E-state index is 13.0. The Morgan fingerprint density at radius 3 is 2.55 bits per heavy atom. The predicted octanol–water partition coefficient (Wildman–Crippen LogP) is 4.73. The summed E-state index contributed by atoms with van der Waals surface area (Å²) in [5.74, 6) is 0.992. The topological polar surface area (TPSA) is 80.5 Å². The molecule has 29 heavy (non-hydrogen) atoms. The number of rotatable bonds is 7. The molecule has 0 saturated heterocycles. The van der Waals surface area contributed by atoms with E-state index in [0.29, 0.717) is 11.6 Å². The number of hydrogen-bond donors (Lipinski definition) is 2. The van der Waals surface area contributed by atoms with Crippen LogP contribution in [0, 0.1) is 0 Å². The Balaban J connectivity index is 1.97. The van der Waals surface area contributed by atoms with Gasteiger partial charge in [-0.1, -0.05) is 13.0 Å². The molecule has 3 heterocycles. The molecule has 154 valence electrons. The molecular weight excluding hydrogens is 383 g/mol. The lowest BCUT2D eigenvalue weighted by Gasteiger charge is -2.13. The molecule has 0 radical (unpaired) electrons. The molecule has 0 aliphatic heterocycles. The van der Waals surface area contributed by atoms with Crippen LogP contribution < -0.4 is 10.6 Å². The number of aromatic nitrogens is 5. The average molecular weight is 405 g/mol. The zero-order valence-electron chi connectivity index (χ0n) is 16.3. The summed E-state index contributed by atoms with van der Waals surface area (Å²) in [4.78, 5) is 12.4. The van der Waals surface area contributed by atoms with Crippen LogP contribution in [-0.4, -0.2) is 30.8 Å². The molecule has 10 heteroatoms. The molecule has 0 amide bonds. The summed E-state index contributed by atoms with van der Waals surface area (Å²) in [6.07, 6.45) is -0.0972. The Morgan fingerprint density at radius 2 is 1.86 bits per heavy atom. The smallest absolute Gasteiger partial charge is 0.368 e. The van der Waals surface area contributed by atoms with Crippen LogP contribution in [-0.2, 0) is 12.7 Å². The Morgan fingerprint density at radius 1 is 1.10 bits per heavy atom. The van der Waals surface area contributed by atoms with Gasteiger partial charge < -0.3 is 10.6 Å². The quantitative estimate of drug-likeness (QED) is 0.592. The summed E-state index contributed by atoms with van der Waals surface area (Å²) in [7, 11) is 0. The maximum Gasteiger partial charge on any atom is 0.433 e. The molecule has 3 aromatic rings. The lowest BCUT2D eigenvalue weighted by Crippen LogP contribution is -2.13. The van der Waals surface area contributed by atoms with Crippen LogP contribution >= 0.6 is 0 Å². The van der Waals surface area contributed by atoms with Crippen LogP contribution in [0.25, 0.3) is 11.5 Å². The first kappa shape index (κ1) is 20.6. The minimum atomic E-state index is -4.54. The van der Waals surface area contributed by atoms with E-state index in [0.717, 1.165) is 24.7 Å². The van der Waals surface area contributed by atoms with E-state index in [1.165, 1.54) is 12.1 Å². The largest absolute Gasteiger partial charge is 0.433 e. The normalized spacial score (nSPS) is 11.7. The molecule has 0 bridgehead atoms. The van der Waals surface area contributed by atoms with Gasteiger partial charge in [-0.05, 0) is 32.4 Å². The van der Waals surface area contributed by atoms with E-state index in [-0.39, 0.29) is 17.6 Å². The van der Waals surface area contributed by atoms with Gasteiger partial charge in [0.05, 0.1) is 11.9 Å². The molecule has 0 aliphatic rings. The first-order valence-electron chi connectivity index (χ1n) is 9.24. The van der Waals surface area contributed by atoms with Crippen LogP contribution in [0.4, 0.5) is 30.5 Å². The molecule has 0 atom stereocenters. The Kier molecular flexibility index (Phi) is 6.00. The Bertz CT molecular complexity index is 966. The third-order valence-electron chi connectivity index (χ3n) is 3.79. The number of halogens is 3. The van der Waals surface area contributed by atoms with Crippen molar-refractivity contribution in [1.82, 2.24) is 24.7 Å². The SMILES string of the molecule is CCCn1cc(Nc2cc(NC(C)C)nc(-c3cccc(C(F)(F)F)n3)n2)cn1. The van der Waals surface area contributed by atoms with Crippen LogP contribution in [0.1, 0.15) is 32.9 Å². The maximum atomic E-state index is 13.0. The molecule has 3 rings (SSSR count). The summed E-state index contributed by atoms with van der Waals surface area (Å²) in [6.45, 7) is 6.71. The molecule has 2 N–H and O–H groups in total. The molecule has 0 fully saturated rings. The van der Waals surface area contributed by atoms with Gasteiger partial charge in [0.25, 0.3) is 0 Å². The highest BCUT2D eigenvalue weighted by molar-refractivity contribution is 5.63. The third-order valence-corrected chi connectivity index (χ3v) is 3.79. The second kappa shape index (κ2) is 8.46. The third kappa shape index (κ3) is 5.43. The van der Waals surface area contributed by atoms with Gasteiger partial charge in [-0.25, -0.2) is 15.0 Å². The van der Waals surface area contributed by atoms with Gasteiger partial charge in [0.1, 0.15) is 23.0 Å². The van der Waals surface area contributed by atoms with Crippen molar-refractivity contribution in [3.63, 3.8) is 0 Å². The molecule has 0 aromatic carbocycles. The van der Waals surface area contributed by atoms with E-state index < -0.39 is 11.9 Å². The molecule has 0 spiro atoms. The van der Waals surface area contributed by atoms with Crippen molar-refractivity contribution >= 4 is 17.3 Å². The first-order valence-corrected chi connectivity index (χ1v) is 9.24. The van der Waals surface area contributed by atoms with E-state index in [9.17, 15) is 13.2 Å². The standard InChI is InChI=1S/C19H22F3N7/c1-4-8-29-11-13(10-23-29)25-17-9-16(24-12(2)3)27-18(28-17)14-6-5-7-15(26-14)19(20,21)22/h5-7,9-12H,4,8H2,1-3H3,(H2,24,25,27,28). The van der Waals surface area contributed by atoms with Crippen molar-refractivity contribution in [2.75, 3.05) is 10.6 Å². The van der Waals surface area contributed by atoms with Crippen LogP contribution in [0.2, 0.25) is 0 Å². The first-order chi connectivity index (χ1) is 13.7. The second-order valence-electron chi connectivity index (χ2n) is 6.78. The fraction of sp³-hybridized carbons (Fsp3) is 0.368. The van der Waals surface area contributed by atoms with E-state index >= 15 is 0 Å². The average Bonchev–Trinajstić information content (AvgIpc) is 3.07. The number of aryl methyl sites for hydroxylation is 1. The fourth-order valence-electron chi connectivity index (χ4n) is 2.64. The van der Waals surface area contributed by atoms with Crippen molar-refractivity contribution in [3.8, 4) is 11.5 Å². The fourth-order valence-corrected chi connectivity index (χ4v) is 2.64. The summed E-state index contributed by atoms with van der Waals surface area (Å²) in [5.41, 5.74) is -0.233. The molecule has 0 saturated carbocycles. The number of nitrogens with one attached hydrogen (secondary N) is 2. The highest BCUT2D eigenvalue weighted by Gasteiger charge is 2.32. The molecular formula is C19H22F3N7. The van der Waals surface area contributed by atoms with Crippen LogP contribution in [0.5, 0.6) is 0 Å². The zero-order chi connectivity index (χ0) is 21.0. The van der Waals surface area contributed by atoms with Gasteiger partial charge in [-0.2, -0.15) is 18.3 Å². The monoisotopic (exact) mass is 405 g/mol. The summed E-state index contributed by atoms with van der Waals surface area (Å²) >= 11 is 0. The number of alkyl halides is 3. The van der Waals surface area contributed by atoms with E-state index in [1.54, 1.807) is 16.9 Å². The van der Waals surface area contributed by atoms with Crippen molar-refractivity contribution in [2.45, 2.75) is 46.0 Å². The van der Waals surface area contributed by atoms with Crippen LogP contribution in [0.15, 0.2) is 36.7 Å². The van der Waals surface area contributed by atoms with Crippen molar-refractivity contribution in [2.24, 2.45) is 0 Å². The highest BCUT2D eigenvalue weighted by Crippen LogP contribution is 2.29. The van der Waals surface area contributed by atoms with E-state index in [4.69, 9.17) is 0 Å². The van der Waals surface area contributed by atoms with Crippen molar-refractivity contribution in [3.05, 3.63) is 42.4 Å². The Labute approximate surface area is 166 Å². The van der Waals surface area contributed by atoms with Crippen LogP contribution in [0.3, 0.4) is 0 Å². The lowest BCUT2D eigenvalue weighted by atomic mass is 10.2. The summed E-state index contributed by atoms with van der Waals surface area (Å²) in [5, 5.41) is 10.5. The second-order valence-corrected chi connectivity index (χ2v) is 6.78. The predicted molar refractivity (Wildman–Crippen MR) is 105 cm³/mol. The lowest BCUT2D eigenvalue weighted by molar-refractivity contribution is -0.141. The van der Waals surface area contributed by atoms with E-state index in [2.05, 4.69) is 37.6 Å². The highest BCUT2D eigenvalue weighted by atomic mass is 19.4. The molecule has 0 aliphatic carbocycles. The minimum Gasteiger partial charge on any atom is -0.368 e. The van der Waals surface area contributed by atoms with Gasteiger partial charge in [0.2, 0.25) is 0 Å². The minimum absolute atomic E-state index is 0.0389. The molecule has 3 aromatic heterocycles. The van der Waals surface area contributed by atoms with Gasteiger partial charge in [0, 0.05) is 24.8 Å². The van der Waals surface area contributed by atoms with Gasteiger partial charge in [-0.3, -0.25) is 4.68 Å². The van der Waals surface area contributed by atoms with Gasteiger partial charge in [-0.15, -0.1) is 0 Å². The van der Waals surface area contributed by atoms with E-state index in [1.807, 2.05) is 20.0 Å². The van der Waals surface area contributed by atoms with Gasteiger partial charge >= 0.3 is 6.18 Å². The number of anilines is 3. The number of pyridine rings is 1. The molecule has 0 unspecified atom stereocenters. The summed E-state index contributed by atoms with van der Waals surface area (Å²) < 4.78 is 40.9. The zero-order valence-corrected chi connectivity index (χ0v) is 16.3. The number of nitrogens with zero attached hydrogens (tertiary/aromatic N) is 5. The van der Waals surface area contributed by atoms with Crippen molar-refractivity contribution < 1.29 is 13.2 Å². The summed E-state index contributed by atoms with van der Waals surface area (Å²) in [6, 6.07) is 5.42.